The first-order chi connectivity index (χ1) is 9.35. The SMILES string of the molecule is CCCCCCCCCC(CCCC)OCCCC. The summed E-state index contributed by atoms with van der Waals surface area (Å²) >= 11 is 0. The second-order valence-electron chi connectivity index (χ2n) is 5.90. The normalized spacial score (nSPS) is 12.8. The highest BCUT2D eigenvalue weighted by molar-refractivity contribution is 4.59. The molecule has 0 aliphatic carbocycles. The highest BCUT2D eigenvalue weighted by Crippen LogP contribution is 2.15. The van der Waals surface area contributed by atoms with Crippen LogP contribution in [0.25, 0.3) is 0 Å². The van der Waals surface area contributed by atoms with Crippen LogP contribution < -0.4 is 0 Å². The zero-order valence-electron chi connectivity index (χ0n) is 13.9. The molecule has 1 unspecified atom stereocenters. The minimum atomic E-state index is 0.544. The van der Waals surface area contributed by atoms with Gasteiger partial charge in [-0.3, -0.25) is 0 Å². The summed E-state index contributed by atoms with van der Waals surface area (Å²) in [4.78, 5) is 0. The standard InChI is InChI=1S/C18H38O/c1-4-7-10-11-12-13-14-16-18(15-8-5-2)19-17-9-6-3/h18H,4-17H2,1-3H3. The molecule has 0 spiro atoms. The first kappa shape index (κ1) is 19.0. The van der Waals surface area contributed by atoms with Gasteiger partial charge in [0.2, 0.25) is 0 Å². The number of hydrogen-bond acceptors (Lipinski definition) is 1. The van der Waals surface area contributed by atoms with Crippen molar-refractivity contribution >= 4 is 0 Å². The average molecular weight is 271 g/mol. The minimum absolute atomic E-state index is 0.544. The predicted molar refractivity (Wildman–Crippen MR) is 86.8 cm³/mol. The zero-order valence-corrected chi connectivity index (χ0v) is 13.9. The van der Waals surface area contributed by atoms with Crippen molar-refractivity contribution in [3.05, 3.63) is 0 Å². The zero-order chi connectivity index (χ0) is 14.2. The molecule has 0 aromatic heterocycles. The Hall–Kier alpha value is -0.0400. The summed E-state index contributed by atoms with van der Waals surface area (Å²) < 4.78 is 6.03. The van der Waals surface area contributed by atoms with Crippen LogP contribution in [-0.2, 0) is 4.74 Å². The maximum Gasteiger partial charge on any atom is 0.0575 e. The van der Waals surface area contributed by atoms with E-state index in [1.165, 1.54) is 83.5 Å². The van der Waals surface area contributed by atoms with Crippen LogP contribution in [0.15, 0.2) is 0 Å². The fraction of sp³-hybridized carbons (Fsp3) is 1.00. The van der Waals surface area contributed by atoms with Crippen LogP contribution in [0.4, 0.5) is 0 Å². The summed E-state index contributed by atoms with van der Waals surface area (Å²) in [6, 6.07) is 0. The van der Waals surface area contributed by atoms with Crippen LogP contribution in [0.3, 0.4) is 0 Å². The molecule has 0 saturated carbocycles. The Bertz CT molecular complexity index is 156. The molecule has 0 saturated heterocycles. The van der Waals surface area contributed by atoms with Gasteiger partial charge in [0.25, 0.3) is 0 Å². The lowest BCUT2D eigenvalue weighted by atomic mass is 10.0. The van der Waals surface area contributed by atoms with E-state index in [0.717, 1.165) is 6.61 Å². The van der Waals surface area contributed by atoms with Gasteiger partial charge < -0.3 is 4.74 Å². The number of ether oxygens (including phenoxy) is 1. The van der Waals surface area contributed by atoms with E-state index < -0.39 is 0 Å². The molecule has 1 atom stereocenters. The van der Waals surface area contributed by atoms with E-state index >= 15 is 0 Å². The number of unbranched alkanes of at least 4 members (excludes halogenated alkanes) is 8. The van der Waals surface area contributed by atoms with E-state index in [-0.39, 0.29) is 0 Å². The molecule has 0 rings (SSSR count). The van der Waals surface area contributed by atoms with Crippen molar-refractivity contribution in [2.75, 3.05) is 6.61 Å². The topological polar surface area (TPSA) is 9.23 Å². The molecule has 0 aliphatic heterocycles. The summed E-state index contributed by atoms with van der Waals surface area (Å²) in [6.45, 7) is 7.77. The van der Waals surface area contributed by atoms with Crippen molar-refractivity contribution < 1.29 is 4.74 Å². The highest BCUT2D eigenvalue weighted by atomic mass is 16.5. The Morgan fingerprint density at radius 3 is 1.74 bits per heavy atom. The van der Waals surface area contributed by atoms with E-state index in [2.05, 4.69) is 20.8 Å². The molecule has 1 heteroatoms. The van der Waals surface area contributed by atoms with Gasteiger partial charge in [-0.1, -0.05) is 85.0 Å². The van der Waals surface area contributed by atoms with E-state index in [0.29, 0.717) is 6.10 Å². The molecule has 0 bridgehead atoms. The first-order valence-corrected chi connectivity index (χ1v) is 8.96. The maximum atomic E-state index is 6.03. The third-order valence-corrected chi connectivity index (χ3v) is 3.86. The fourth-order valence-corrected chi connectivity index (χ4v) is 2.47. The molecular weight excluding hydrogens is 232 g/mol. The van der Waals surface area contributed by atoms with Crippen molar-refractivity contribution in [2.45, 2.75) is 110 Å². The summed E-state index contributed by atoms with van der Waals surface area (Å²) in [6.07, 6.45) is 18.0. The van der Waals surface area contributed by atoms with Gasteiger partial charge >= 0.3 is 0 Å². The van der Waals surface area contributed by atoms with Gasteiger partial charge in [-0.2, -0.15) is 0 Å². The van der Waals surface area contributed by atoms with Gasteiger partial charge in [-0.05, 0) is 19.3 Å². The summed E-state index contributed by atoms with van der Waals surface area (Å²) in [5.74, 6) is 0. The Balaban J connectivity index is 3.49. The van der Waals surface area contributed by atoms with Crippen molar-refractivity contribution in [3.63, 3.8) is 0 Å². The average Bonchev–Trinajstić information content (AvgIpc) is 2.43. The van der Waals surface area contributed by atoms with Gasteiger partial charge in [0.15, 0.2) is 0 Å². The Morgan fingerprint density at radius 2 is 1.11 bits per heavy atom. The predicted octanol–water partition coefficient (Wildman–Crippen LogP) is 6.50. The minimum Gasteiger partial charge on any atom is -0.378 e. The quantitative estimate of drug-likeness (QED) is 0.308. The molecule has 0 N–H and O–H groups in total. The largest absolute Gasteiger partial charge is 0.378 e. The maximum absolute atomic E-state index is 6.03. The summed E-state index contributed by atoms with van der Waals surface area (Å²) in [5.41, 5.74) is 0. The molecule has 0 heterocycles. The van der Waals surface area contributed by atoms with E-state index in [4.69, 9.17) is 4.74 Å². The van der Waals surface area contributed by atoms with Gasteiger partial charge in [-0.15, -0.1) is 0 Å². The summed E-state index contributed by atoms with van der Waals surface area (Å²) in [5, 5.41) is 0. The van der Waals surface area contributed by atoms with E-state index in [9.17, 15) is 0 Å². The lowest BCUT2D eigenvalue weighted by molar-refractivity contribution is 0.0367. The van der Waals surface area contributed by atoms with E-state index in [1.54, 1.807) is 0 Å². The Morgan fingerprint density at radius 1 is 0.579 bits per heavy atom. The van der Waals surface area contributed by atoms with Crippen molar-refractivity contribution in [1.82, 2.24) is 0 Å². The summed E-state index contributed by atoms with van der Waals surface area (Å²) in [7, 11) is 0. The van der Waals surface area contributed by atoms with Crippen LogP contribution in [0, 0.1) is 0 Å². The number of rotatable bonds is 15. The van der Waals surface area contributed by atoms with Crippen molar-refractivity contribution in [1.29, 1.82) is 0 Å². The van der Waals surface area contributed by atoms with Gasteiger partial charge in [0, 0.05) is 6.61 Å². The van der Waals surface area contributed by atoms with Gasteiger partial charge in [0.1, 0.15) is 0 Å². The second kappa shape index (κ2) is 16.0. The van der Waals surface area contributed by atoms with Crippen LogP contribution in [0.2, 0.25) is 0 Å². The molecular formula is C18H38O. The monoisotopic (exact) mass is 270 g/mol. The first-order valence-electron chi connectivity index (χ1n) is 8.96. The Labute approximate surface area is 122 Å². The highest BCUT2D eigenvalue weighted by Gasteiger charge is 2.08. The molecule has 116 valence electrons. The Kier molecular flexibility index (Phi) is 16.0. The van der Waals surface area contributed by atoms with E-state index in [1.807, 2.05) is 0 Å². The third kappa shape index (κ3) is 14.2. The number of hydrogen-bond donors (Lipinski definition) is 0. The molecule has 1 nitrogen and oxygen atoms in total. The molecule has 19 heavy (non-hydrogen) atoms. The molecule has 0 fully saturated rings. The molecule has 0 aromatic carbocycles. The van der Waals surface area contributed by atoms with Gasteiger partial charge in [0.05, 0.1) is 6.10 Å². The molecule has 0 amide bonds. The smallest absolute Gasteiger partial charge is 0.0575 e. The van der Waals surface area contributed by atoms with Gasteiger partial charge in [-0.25, -0.2) is 0 Å². The lowest BCUT2D eigenvalue weighted by Crippen LogP contribution is -2.13. The molecule has 0 aromatic rings. The molecule has 0 radical (unpaired) electrons. The van der Waals surface area contributed by atoms with Crippen molar-refractivity contribution in [2.24, 2.45) is 0 Å². The lowest BCUT2D eigenvalue weighted by Gasteiger charge is -2.17. The van der Waals surface area contributed by atoms with Crippen molar-refractivity contribution in [3.8, 4) is 0 Å². The van der Waals surface area contributed by atoms with Crippen LogP contribution >= 0.6 is 0 Å². The third-order valence-electron chi connectivity index (χ3n) is 3.86. The second-order valence-corrected chi connectivity index (χ2v) is 5.90. The van der Waals surface area contributed by atoms with Crippen LogP contribution in [0.1, 0.15) is 104 Å². The molecule has 0 aliphatic rings. The van der Waals surface area contributed by atoms with Crippen LogP contribution in [0.5, 0.6) is 0 Å². The van der Waals surface area contributed by atoms with Crippen LogP contribution in [-0.4, -0.2) is 12.7 Å². The fourth-order valence-electron chi connectivity index (χ4n) is 2.47.